The predicted octanol–water partition coefficient (Wildman–Crippen LogP) is 5.63. The Labute approximate surface area is 141 Å². The maximum absolute atomic E-state index is 13.7. The monoisotopic (exact) mass is 411 g/mol. The highest BCUT2D eigenvalue weighted by Crippen LogP contribution is 2.29. The lowest BCUT2D eigenvalue weighted by atomic mass is 9.88. The fourth-order valence-electron chi connectivity index (χ4n) is 2.87. The molecule has 0 saturated carbocycles. The van der Waals surface area contributed by atoms with Gasteiger partial charge in [-0.2, -0.15) is 0 Å². The highest BCUT2D eigenvalue weighted by molar-refractivity contribution is 9.10. The van der Waals surface area contributed by atoms with Crippen LogP contribution in [0.25, 0.3) is 0 Å². The van der Waals surface area contributed by atoms with Gasteiger partial charge in [-0.1, -0.05) is 22.0 Å². The Hall–Kier alpha value is -0.870. The fourth-order valence-corrected chi connectivity index (χ4v) is 3.73. The molecule has 1 aliphatic carbocycles. The molecule has 0 saturated heterocycles. The van der Waals surface area contributed by atoms with Crippen LogP contribution in [0.3, 0.4) is 0 Å². The minimum Gasteiger partial charge on any atom is -0.382 e. The number of rotatable bonds is 2. The van der Waals surface area contributed by atoms with E-state index in [0.717, 1.165) is 35.0 Å². The first-order chi connectivity index (χ1) is 10.0. The average Bonchev–Trinajstić information content (AvgIpc) is 2.45. The van der Waals surface area contributed by atoms with E-state index in [-0.39, 0.29) is 5.82 Å². The van der Waals surface area contributed by atoms with Gasteiger partial charge >= 0.3 is 0 Å². The Balaban J connectivity index is 1.78. The molecule has 21 heavy (non-hydrogen) atoms. The van der Waals surface area contributed by atoms with Gasteiger partial charge in [-0.25, -0.2) is 4.39 Å². The molecule has 0 fully saturated rings. The average molecular weight is 413 g/mol. The van der Waals surface area contributed by atoms with Crippen LogP contribution in [0.5, 0.6) is 0 Å². The van der Waals surface area contributed by atoms with Gasteiger partial charge in [-0.05, 0) is 83.1 Å². The molecule has 3 rings (SSSR count). The van der Waals surface area contributed by atoms with Crippen LogP contribution in [0.4, 0.5) is 10.1 Å². The zero-order valence-corrected chi connectivity index (χ0v) is 14.9. The number of nitrogens with one attached hydrogen (secondary N) is 1. The number of benzene rings is 2. The first kappa shape index (κ1) is 15.0. The van der Waals surface area contributed by atoms with E-state index in [4.69, 9.17) is 0 Å². The van der Waals surface area contributed by atoms with Gasteiger partial charge in [-0.15, -0.1) is 0 Å². The van der Waals surface area contributed by atoms with Crippen molar-refractivity contribution in [2.75, 3.05) is 5.32 Å². The van der Waals surface area contributed by atoms with Crippen molar-refractivity contribution >= 4 is 37.5 Å². The minimum absolute atomic E-state index is 0.219. The van der Waals surface area contributed by atoms with Crippen LogP contribution >= 0.6 is 31.9 Å². The van der Waals surface area contributed by atoms with Crippen molar-refractivity contribution in [3.05, 3.63) is 61.8 Å². The molecule has 1 nitrogen and oxygen atoms in total. The maximum atomic E-state index is 13.7. The smallest absolute Gasteiger partial charge is 0.139 e. The normalized spacial score (nSPS) is 17.4. The molecule has 0 spiro atoms. The number of anilines is 1. The summed E-state index contributed by atoms with van der Waals surface area (Å²) in [7, 11) is 0. The number of hydrogen-bond acceptors (Lipinski definition) is 1. The van der Waals surface area contributed by atoms with E-state index in [2.05, 4.69) is 55.4 Å². The lowest BCUT2D eigenvalue weighted by Crippen LogP contribution is -2.27. The van der Waals surface area contributed by atoms with Gasteiger partial charge in [0.1, 0.15) is 5.82 Å². The number of hydrogen-bond donors (Lipinski definition) is 1. The lowest BCUT2D eigenvalue weighted by Gasteiger charge is -2.27. The summed E-state index contributed by atoms with van der Waals surface area (Å²) in [5, 5.41) is 3.50. The molecular formula is C17H16Br2FN. The van der Waals surface area contributed by atoms with E-state index in [0.29, 0.717) is 10.5 Å². The van der Waals surface area contributed by atoms with Gasteiger partial charge in [-0.3, -0.25) is 0 Å². The predicted molar refractivity (Wildman–Crippen MR) is 92.4 cm³/mol. The Bertz CT molecular complexity index is 685. The van der Waals surface area contributed by atoms with E-state index < -0.39 is 0 Å². The van der Waals surface area contributed by atoms with Crippen molar-refractivity contribution in [3.8, 4) is 0 Å². The van der Waals surface area contributed by atoms with Gasteiger partial charge in [0.25, 0.3) is 0 Å². The number of halogens is 3. The first-order valence-electron chi connectivity index (χ1n) is 7.02. The molecule has 1 atom stereocenters. The van der Waals surface area contributed by atoms with Crippen molar-refractivity contribution in [3.63, 3.8) is 0 Å². The highest BCUT2D eigenvalue weighted by Gasteiger charge is 2.19. The maximum Gasteiger partial charge on any atom is 0.139 e. The van der Waals surface area contributed by atoms with E-state index in [1.807, 2.05) is 13.0 Å². The van der Waals surface area contributed by atoms with Gasteiger partial charge in [0.15, 0.2) is 0 Å². The summed E-state index contributed by atoms with van der Waals surface area (Å²) < 4.78 is 15.4. The van der Waals surface area contributed by atoms with Crippen molar-refractivity contribution in [2.24, 2.45) is 0 Å². The van der Waals surface area contributed by atoms with Crippen molar-refractivity contribution < 1.29 is 4.39 Å². The Morgan fingerprint density at radius 2 is 1.95 bits per heavy atom. The van der Waals surface area contributed by atoms with Crippen molar-refractivity contribution in [1.29, 1.82) is 0 Å². The van der Waals surface area contributed by atoms with Gasteiger partial charge in [0, 0.05) is 16.2 Å². The molecule has 1 N–H and O–H groups in total. The second-order valence-electron chi connectivity index (χ2n) is 5.58. The van der Waals surface area contributed by atoms with Crippen LogP contribution in [-0.2, 0) is 12.8 Å². The van der Waals surface area contributed by atoms with Crippen LogP contribution in [0.1, 0.15) is 23.1 Å². The standard InChI is InChI=1S/C17H16Br2FN/c1-10-6-15(19)16(20)9-17(10)21-14-5-3-11-7-13(18)4-2-12(11)8-14/h2,4,6-7,9,14,21H,3,5,8H2,1H3. The number of aryl methyl sites for hydroxylation is 2. The Morgan fingerprint density at radius 3 is 2.76 bits per heavy atom. The molecule has 0 aliphatic heterocycles. The summed E-state index contributed by atoms with van der Waals surface area (Å²) >= 11 is 6.75. The summed E-state index contributed by atoms with van der Waals surface area (Å²) in [5.41, 5.74) is 4.75. The molecular weight excluding hydrogens is 397 g/mol. The van der Waals surface area contributed by atoms with E-state index in [1.54, 1.807) is 6.07 Å². The van der Waals surface area contributed by atoms with Crippen molar-refractivity contribution in [1.82, 2.24) is 0 Å². The largest absolute Gasteiger partial charge is 0.382 e. The lowest BCUT2D eigenvalue weighted by molar-refractivity contribution is 0.604. The van der Waals surface area contributed by atoms with E-state index in [1.165, 1.54) is 11.1 Å². The Morgan fingerprint density at radius 1 is 1.14 bits per heavy atom. The summed E-state index contributed by atoms with van der Waals surface area (Å²) in [6.45, 7) is 2.00. The van der Waals surface area contributed by atoms with Gasteiger partial charge in [0.05, 0.1) is 4.47 Å². The third kappa shape index (κ3) is 3.32. The Kier molecular flexibility index (Phi) is 4.36. The van der Waals surface area contributed by atoms with Crippen LogP contribution in [0.2, 0.25) is 0 Å². The van der Waals surface area contributed by atoms with Crippen LogP contribution < -0.4 is 5.32 Å². The quantitative estimate of drug-likeness (QED) is 0.673. The summed E-state index contributed by atoms with van der Waals surface area (Å²) in [6, 6.07) is 10.2. The molecule has 0 radical (unpaired) electrons. The van der Waals surface area contributed by atoms with Crippen LogP contribution in [0, 0.1) is 12.7 Å². The molecule has 2 aromatic rings. The second kappa shape index (κ2) is 6.09. The van der Waals surface area contributed by atoms with Gasteiger partial charge < -0.3 is 5.32 Å². The third-order valence-corrected chi connectivity index (χ3v) is 5.12. The molecule has 2 aromatic carbocycles. The second-order valence-corrected chi connectivity index (χ2v) is 7.35. The molecule has 0 aromatic heterocycles. The molecule has 0 heterocycles. The molecule has 0 bridgehead atoms. The SMILES string of the molecule is Cc1cc(Br)c(F)cc1NC1CCc2cc(Br)ccc2C1. The summed E-state index contributed by atoms with van der Waals surface area (Å²) in [6.07, 6.45) is 3.12. The first-order valence-corrected chi connectivity index (χ1v) is 8.61. The van der Waals surface area contributed by atoms with Gasteiger partial charge in [0.2, 0.25) is 0 Å². The highest BCUT2D eigenvalue weighted by atomic mass is 79.9. The van der Waals surface area contributed by atoms with Crippen molar-refractivity contribution in [2.45, 2.75) is 32.2 Å². The summed E-state index contributed by atoms with van der Waals surface area (Å²) in [5.74, 6) is -0.219. The molecule has 4 heteroatoms. The zero-order valence-electron chi connectivity index (χ0n) is 11.7. The fraction of sp³-hybridized carbons (Fsp3) is 0.294. The van der Waals surface area contributed by atoms with Crippen LogP contribution in [-0.4, -0.2) is 6.04 Å². The molecule has 110 valence electrons. The molecule has 1 aliphatic rings. The minimum atomic E-state index is -0.219. The van der Waals surface area contributed by atoms with Crippen LogP contribution in [0.15, 0.2) is 39.3 Å². The summed E-state index contributed by atoms with van der Waals surface area (Å²) in [4.78, 5) is 0. The van der Waals surface area contributed by atoms with E-state index >= 15 is 0 Å². The third-order valence-electron chi connectivity index (χ3n) is 4.02. The molecule has 0 amide bonds. The molecule has 1 unspecified atom stereocenters. The zero-order chi connectivity index (χ0) is 15.0. The number of fused-ring (bicyclic) bond motifs is 1. The topological polar surface area (TPSA) is 12.0 Å². The van der Waals surface area contributed by atoms with E-state index in [9.17, 15) is 4.39 Å².